The van der Waals surface area contributed by atoms with Gasteiger partial charge in [0, 0.05) is 0 Å². The molecule has 0 saturated carbocycles. The number of carbonyl (C=O) groups is 2. The molecule has 110 valence electrons. The second-order valence-corrected chi connectivity index (χ2v) is 4.50. The van der Waals surface area contributed by atoms with Crippen molar-refractivity contribution < 1.29 is 24.4 Å². The van der Waals surface area contributed by atoms with Crippen LogP contribution in [0, 0.1) is 10.1 Å². The van der Waals surface area contributed by atoms with Crippen LogP contribution < -0.4 is 10.1 Å². The highest BCUT2D eigenvalue weighted by atomic mass is 16.6. The van der Waals surface area contributed by atoms with E-state index < -0.39 is 28.2 Å². The molecule has 8 heteroatoms. The molecule has 0 aromatic heterocycles. The highest BCUT2D eigenvalue weighted by Crippen LogP contribution is 2.33. The number of nitro benzene ring substituents is 1. The fourth-order valence-electron chi connectivity index (χ4n) is 2.06. The molecule has 2 aromatic carbocycles. The van der Waals surface area contributed by atoms with Crippen LogP contribution in [-0.4, -0.2) is 21.8 Å². The van der Waals surface area contributed by atoms with Crippen molar-refractivity contribution in [3.63, 3.8) is 0 Å². The van der Waals surface area contributed by atoms with Crippen molar-refractivity contribution in [2.75, 3.05) is 0 Å². The van der Waals surface area contributed by atoms with Gasteiger partial charge in [0.05, 0.1) is 22.1 Å². The maximum absolute atomic E-state index is 11.6. The summed E-state index contributed by atoms with van der Waals surface area (Å²) in [6.07, 6.45) is 0. The van der Waals surface area contributed by atoms with Crippen LogP contribution in [-0.2, 0) is 0 Å². The standard InChI is InChI=1S/C14H8N2O6/c17-12-4-2-8(6-11(12)16(20)21)22-7-1-3-9-10(5-7)14(19)15-13(9)18/h1-6,17H,(H,15,18,19). The van der Waals surface area contributed by atoms with Crippen LogP contribution in [0.4, 0.5) is 5.69 Å². The molecule has 0 unspecified atom stereocenters. The van der Waals surface area contributed by atoms with Crippen molar-refractivity contribution in [2.45, 2.75) is 0 Å². The third kappa shape index (κ3) is 2.22. The second kappa shape index (κ2) is 4.85. The van der Waals surface area contributed by atoms with Crippen molar-refractivity contribution >= 4 is 17.5 Å². The maximum atomic E-state index is 11.6. The number of rotatable bonds is 3. The van der Waals surface area contributed by atoms with Gasteiger partial charge in [0.15, 0.2) is 5.75 Å². The molecule has 2 amide bonds. The van der Waals surface area contributed by atoms with Crippen LogP contribution >= 0.6 is 0 Å². The SMILES string of the molecule is O=C1NC(=O)c2cc(Oc3ccc(O)c([N+](=O)[O-])c3)ccc21. The van der Waals surface area contributed by atoms with Gasteiger partial charge in [-0.15, -0.1) is 0 Å². The molecule has 0 bridgehead atoms. The molecule has 0 spiro atoms. The van der Waals surface area contributed by atoms with E-state index in [-0.39, 0.29) is 22.6 Å². The largest absolute Gasteiger partial charge is 0.502 e. The Balaban J connectivity index is 1.93. The Morgan fingerprint density at radius 2 is 1.64 bits per heavy atom. The Morgan fingerprint density at radius 1 is 1.00 bits per heavy atom. The van der Waals surface area contributed by atoms with Crippen molar-refractivity contribution in [1.29, 1.82) is 0 Å². The summed E-state index contributed by atoms with van der Waals surface area (Å²) in [7, 11) is 0. The number of nitro groups is 1. The van der Waals surface area contributed by atoms with E-state index in [1.165, 1.54) is 24.3 Å². The van der Waals surface area contributed by atoms with Gasteiger partial charge < -0.3 is 9.84 Å². The van der Waals surface area contributed by atoms with Gasteiger partial charge >= 0.3 is 5.69 Å². The van der Waals surface area contributed by atoms with Crippen LogP contribution in [0.3, 0.4) is 0 Å². The van der Waals surface area contributed by atoms with Crippen LogP contribution in [0.5, 0.6) is 17.2 Å². The molecule has 1 heterocycles. The van der Waals surface area contributed by atoms with Gasteiger partial charge in [0.1, 0.15) is 11.5 Å². The fraction of sp³-hybridized carbons (Fsp3) is 0. The van der Waals surface area contributed by atoms with E-state index in [9.17, 15) is 24.8 Å². The number of phenols is 1. The lowest BCUT2D eigenvalue weighted by molar-refractivity contribution is -0.385. The zero-order valence-corrected chi connectivity index (χ0v) is 10.9. The normalized spacial score (nSPS) is 12.7. The number of hydrogen-bond donors (Lipinski definition) is 2. The van der Waals surface area contributed by atoms with Crippen molar-refractivity contribution in [3.05, 3.63) is 57.6 Å². The topological polar surface area (TPSA) is 119 Å². The highest BCUT2D eigenvalue weighted by molar-refractivity contribution is 6.21. The van der Waals surface area contributed by atoms with Gasteiger partial charge in [0.25, 0.3) is 11.8 Å². The smallest absolute Gasteiger partial charge is 0.314 e. The third-order valence-electron chi connectivity index (χ3n) is 3.09. The number of phenolic OH excluding ortho intramolecular Hbond substituents is 1. The maximum Gasteiger partial charge on any atom is 0.314 e. The molecule has 0 aliphatic carbocycles. The van der Waals surface area contributed by atoms with E-state index in [1.54, 1.807) is 0 Å². The van der Waals surface area contributed by atoms with E-state index in [0.29, 0.717) is 0 Å². The summed E-state index contributed by atoms with van der Waals surface area (Å²) in [6.45, 7) is 0. The molecule has 1 aliphatic heterocycles. The number of carbonyl (C=O) groups excluding carboxylic acids is 2. The first kappa shape index (κ1) is 13.6. The van der Waals surface area contributed by atoms with Gasteiger partial charge in [-0.05, 0) is 30.3 Å². The van der Waals surface area contributed by atoms with Gasteiger partial charge in [-0.2, -0.15) is 0 Å². The zero-order chi connectivity index (χ0) is 15.9. The minimum absolute atomic E-state index is 0.120. The molecular formula is C14H8N2O6. The predicted molar refractivity (Wildman–Crippen MR) is 73.1 cm³/mol. The molecule has 2 aromatic rings. The summed E-state index contributed by atoms with van der Waals surface area (Å²) in [6, 6.07) is 7.81. The molecule has 0 atom stereocenters. The summed E-state index contributed by atoms with van der Waals surface area (Å²) in [4.78, 5) is 33.0. The molecule has 0 fully saturated rings. The van der Waals surface area contributed by atoms with Gasteiger partial charge in [-0.1, -0.05) is 0 Å². The molecule has 3 rings (SSSR count). The minimum Gasteiger partial charge on any atom is -0.502 e. The average molecular weight is 300 g/mol. The quantitative estimate of drug-likeness (QED) is 0.508. The molecule has 22 heavy (non-hydrogen) atoms. The summed E-state index contributed by atoms with van der Waals surface area (Å²) in [5.41, 5.74) is -0.0728. The first-order valence-corrected chi connectivity index (χ1v) is 6.10. The molecule has 2 N–H and O–H groups in total. The number of aromatic hydroxyl groups is 1. The van der Waals surface area contributed by atoms with Crippen molar-refractivity contribution in [2.24, 2.45) is 0 Å². The van der Waals surface area contributed by atoms with Crippen LogP contribution in [0.25, 0.3) is 0 Å². The Bertz CT molecular complexity index is 830. The first-order valence-electron chi connectivity index (χ1n) is 6.10. The molecule has 8 nitrogen and oxygen atoms in total. The number of nitrogens with one attached hydrogen (secondary N) is 1. The Morgan fingerprint density at radius 3 is 2.36 bits per heavy atom. The number of amides is 2. The number of fused-ring (bicyclic) bond motifs is 1. The lowest BCUT2D eigenvalue weighted by Crippen LogP contribution is -2.19. The predicted octanol–water partition coefficient (Wildman–Crippen LogP) is 1.98. The van der Waals surface area contributed by atoms with Crippen LogP contribution in [0.1, 0.15) is 20.7 Å². The first-order chi connectivity index (χ1) is 10.5. The van der Waals surface area contributed by atoms with E-state index in [0.717, 1.165) is 12.1 Å². The number of benzene rings is 2. The number of nitrogens with zero attached hydrogens (tertiary/aromatic N) is 1. The van der Waals surface area contributed by atoms with Crippen LogP contribution in [0.15, 0.2) is 36.4 Å². The zero-order valence-electron chi connectivity index (χ0n) is 10.9. The van der Waals surface area contributed by atoms with E-state index in [2.05, 4.69) is 5.32 Å². The number of ether oxygens (including phenoxy) is 1. The van der Waals surface area contributed by atoms with E-state index in [4.69, 9.17) is 4.74 Å². The minimum atomic E-state index is -0.739. The Labute approximate surface area is 123 Å². The summed E-state index contributed by atoms with van der Waals surface area (Å²) in [5.74, 6) is -1.12. The Hall–Kier alpha value is -3.42. The average Bonchev–Trinajstić information content (AvgIpc) is 2.75. The summed E-state index contributed by atoms with van der Waals surface area (Å²) in [5, 5.41) is 22.3. The molecular weight excluding hydrogens is 292 g/mol. The van der Waals surface area contributed by atoms with E-state index >= 15 is 0 Å². The molecule has 1 aliphatic rings. The lowest BCUT2D eigenvalue weighted by Gasteiger charge is -2.07. The van der Waals surface area contributed by atoms with Gasteiger partial charge in [-0.25, -0.2) is 0 Å². The number of imide groups is 1. The van der Waals surface area contributed by atoms with Crippen LogP contribution in [0.2, 0.25) is 0 Å². The monoisotopic (exact) mass is 300 g/mol. The lowest BCUT2D eigenvalue weighted by atomic mass is 10.1. The number of hydrogen-bond acceptors (Lipinski definition) is 6. The summed E-state index contributed by atoms with van der Waals surface area (Å²) < 4.78 is 5.43. The molecule has 0 saturated heterocycles. The van der Waals surface area contributed by atoms with Gasteiger partial charge in [-0.3, -0.25) is 25.0 Å². The van der Waals surface area contributed by atoms with Crippen molar-refractivity contribution in [1.82, 2.24) is 5.32 Å². The van der Waals surface area contributed by atoms with Crippen molar-refractivity contribution in [3.8, 4) is 17.2 Å². The second-order valence-electron chi connectivity index (χ2n) is 4.50. The molecule has 0 radical (unpaired) electrons. The summed E-state index contributed by atoms with van der Waals surface area (Å²) >= 11 is 0. The Kier molecular flexibility index (Phi) is 2.99. The third-order valence-corrected chi connectivity index (χ3v) is 3.09. The van der Waals surface area contributed by atoms with Gasteiger partial charge in [0.2, 0.25) is 0 Å². The van der Waals surface area contributed by atoms with E-state index in [1.807, 2.05) is 0 Å². The highest BCUT2D eigenvalue weighted by Gasteiger charge is 2.27. The fourth-order valence-corrected chi connectivity index (χ4v) is 2.06.